The van der Waals surface area contributed by atoms with Gasteiger partial charge in [0.1, 0.15) is 6.04 Å². The fraction of sp³-hybridized carbons (Fsp3) is 0.900. The van der Waals surface area contributed by atoms with Crippen LogP contribution in [0.15, 0.2) is 0 Å². The first kappa shape index (κ1) is 10.5. The zero-order valence-corrected chi connectivity index (χ0v) is 8.20. The van der Waals surface area contributed by atoms with Gasteiger partial charge in [-0.1, -0.05) is 6.92 Å². The van der Waals surface area contributed by atoms with E-state index in [9.17, 15) is 0 Å². The van der Waals surface area contributed by atoms with Crippen LogP contribution in [-0.2, 0) is 4.74 Å². The van der Waals surface area contributed by atoms with Crippen molar-refractivity contribution in [1.82, 2.24) is 0 Å². The summed E-state index contributed by atoms with van der Waals surface area (Å²) in [6.45, 7) is 2.66. The van der Waals surface area contributed by atoms with Crippen molar-refractivity contribution < 1.29 is 4.74 Å². The summed E-state index contributed by atoms with van der Waals surface area (Å²) < 4.78 is 5.54. The molecule has 0 radical (unpaired) electrons. The SMILES string of the molecule is CC1CCC(OCC(N)C#N)CC1. The largest absolute Gasteiger partial charge is 0.375 e. The molecule has 3 nitrogen and oxygen atoms in total. The Bertz CT molecular complexity index is 180. The zero-order chi connectivity index (χ0) is 9.68. The highest BCUT2D eigenvalue weighted by Crippen LogP contribution is 2.25. The lowest BCUT2D eigenvalue weighted by Gasteiger charge is -2.26. The molecular weight excluding hydrogens is 164 g/mol. The van der Waals surface area contributed by atoms with Crippen LogP contribution in [0.3, 0.4) is 0 Å². The van der Waals surface area contributed by atoms with Gasteiger partial charge in [0.2, 0.25) is 0 Å². The summed E-state index contributed by atoms with van der Waals surface area (Å²) >= 11 is 0. The van der Waals surface area contributed by atoms with Gasteiger partial charge in [0, 0.05) is 0 Å². The smallest absolute Gasteiger partial charge is 0.116 e. The van der Waals surface area contributed by atoms with E-state index in [1.807, 2.05) is 6.07 Å². The molecule has 0 aromatic carbocycles. The molecule has 0 heterocycles. The molecule has 1 saturated carbocycles. The first-order valence-corrected chi connectivity index (χ1v) is 4.99. The van der Waals surface area contributed by atoms with E-state index in [2.05, 4.69) is 6.92 Å². The molecule has 13 heavy (non-hydrogen) atoms. The number of hydrogen-bond donors (Lipinski definition) is 1. The van der Waals surface area contributed by atoms with Crippen molar-refractivity contribution in [3.05, 3.63) is 0 Å². The molecule has 1 aliphatic carbocycles. The molecule has 1 atom stereocenters. The Morgan fingerprint density at radius 3 is 2.62 bits per heavy atom. The second-order valence-electron chi connectivity index (χ2n) is 3.95. The minimum absolute atomic E-state index is 0.343. The van der Waals surface area contributed by atoms with E-state index in [0.717, 1.165) is 18.8 Å². The molecule has 0 aliphatic heterocycles. The summed E-state index contributed by atoms with van der Waals surface area (Å²) in [4.78, 5) is 0. The van der Waals surface area contributed by atoms with E-state index < -0.39 is 6.04 Å². The van der Waals surface area contributed by atoms with Gasteiger partial charge in [-0.05, 0) is 31.6 Å². The predicted molar refractivity (Wildman–Crippen MR) is 51.0 cm³/mol. The Labute approximate surface area is 79.9 Å². The number of nitriles is 1. The third-order valence-electron chi connectivity index (χ3n) is 2.64. The summed E-state index contributed by atoms with van der Waals surface area (Å²) in [5.74, 6) is 0.837. The molecule has 0 aromatic rings. The standard InChI is InChI=1S/C10H18N2O/c1-8-2-4-10(5-3-8)13-7-9(12)6-11/h8-10H,2-5,7,12H2,1H3. The lowest BCUT2D eigenvalue weighted by Crippen LogP contribution is -2.29. The van der Waals surface area contributed by atoms with Gasteiger partial charge in [0.15, 0.2) is 0 Å². The molecule has 0 bridgehead atoms. The monoisotopic (exact) mass is 182 g/mol. The van der Waals surface area contributed by atoms with E-state index in [1.54, 1.807) is 0 Å². The second kappa shape index (κ2) is 5.21. The van der Waals surface area contributed by atoms with Crippen LogP contribution in [0.25, 0.3) is 0 Å². The molecule has 0 saturated heterocycles. The highest BCUT2D eigenvalue weighted by Gasteiger charge is 2.18. The maximum absolute atomic E-state index is 8.45. The Morgan fingerprint density at radius 1 is 1.46 bits per heavy atom. The van der Waals surface area contributed by atoms with Gasteiger partial charge in [0.25, 0.3) is 0 Å². The van der Waals surface area contributed by atoms with Crippen molar-refractivity contribution in [2.75, 3.05) is 6.61 Å². The first-order valence-electron chi connectivity index (χ1n) is 4.99. The quantitative estimate of drug-likeness (QED) is 0.718. The molecular formula is C10H18N2O. The van der Waals surface area contributed by atoms with Crippen molar-refractivity contribution >= 4 is 0 Å². The van der Waals surface area contributed by atoms with Gasteiger partial charge >= 0.3 is 0 Å². The maximum atomic E-state index is 8.45. The molecule has 1 fully saturated rings. The number of hydrogen-bond acceptors (Lipinski definition) is 3. The number of ether oxygens (including phenoxy) is 1. The van der Waals surface area contributed by atoms with Crippen molar-refractivity contribution in [3.63, 3.8) is 0 Å². The minimum Gasteiger partial charge on any atom is -0.375 e. The Kier molecular flexibility index (Phi) is 4.20. The lowest BCUT2D eigenvalue weighted by atomic mass is 9.89. The van der Waals surface area contributed by atoms with Crippen LogP contribution in [0.2, 0.25) is 0 Å². The van der Waals surface area contributed by atoms with Crippen LogP contribution in [0, 0.1) is 17.2 Å². The molecule has 0 aromatic heterocycles. The van der Waals surface area contributed by atoms with Crippen LogP contribution >= 0.6 is 0 Å². The average Bonchev–Trinajstić information content (AvgIpc) is 2.16. The third kappa shape index (κ3) is 3.75. The van der Waals surface area contributed by atoms with E-state index >= 15 is 0 Å². The number of nitrogens with two attached hydrogens (primary N) is 1. The van der Waals surface area contributed by atoms with Crippen LogP contribution in [0.4, 0.5) is 0 Å². The van der Waals surface area contributed by atoms with Crippen LogP contribution in [0.1, 0.15) is 32.6 Å². The Hall–Kier alpha value is -0.590. The molecule has 0 amide bonds. The van der Waals surface area contributed by atoms with Crippen molar-refractivity contribution in [3.8, 4) is 6.07 Å². The number of rotatable bonds is 3. The fourth-order valence-electron chi connectivity index (χ4n) is 1.67. The zero-order valence-electron chi connectivity index (χ0n) is 8.20. The molecule has 1 aliphatic rings. The maximum Gasteiger partial charge on any atom is 0.116 e. The topological polar surface area (TPSA) is 59.0 Å². The summed E-state index contributed by atoms with van der Waals surface area (Å²) in [6, 6.07) is 1.51. The summed E-state index contributed by atoms with van der Waals surface area (Å²) in [7, 11) is 0. The highest BCUT2D eigenvalue weighted by molar-refractivity contribution is 4.86. The van der Waals surface area contributed by atoms with Gasteiger partial charge in [-0.25, -0.2) is 0 Å². The third-order valence-corrected chi connectivity index (χ3v) is 2.64. The number of nitrogens with zero attached hydrogens (tertiary/aromatic N) is 1. The molecule has 3 heteroatoms. The van der Waals surface area contributed by atoms with Gasteiger partial charge in [-0.3, -0.25) is 0 Å². The van der Waals surface area contributed by atoms with Crippen molar-refractivity contribution in [2.45, 2.75) is 44.8 Å². The summed E-state index contributed by atoms with van der Waals surface area (Å²) in [6.07, 6.45) is 5.08. The fourth-order valence-corrected chi connectivity index (χ4v) is 1.67. The van der Waals surface area contributed by atoms with Crippen LogP contribution < -0.4 is 5.73 Å². The average molecular weight is 182 g/mol. The second-order valence-corrected chi connectivity index (χ2v) is 3.95. The van der Waals surface area contributed by atoms with Crippen molar-refractivity contribution in [1.29, 1.82) is 5.26 Å². The Balaban J connectivity index is 2.13. The Morgan fingerprint density at radius 2 is 2.08 bits per heavy atom. The van der Waals surface area contributed by atoms with Gasteiger partial charge < -0.3 is 10.5 Å². The normalized spacial score (nSPS) is 30.8. The predicted octanol–water partition coefficient (Wildman–Crippen LogP) is 1.43. The minimum atomic E-state index is -0.459. The molecule has 74 valence electrons. The first-order chi connectivity index (χ1) is 6.22. The molecule has 1 unspecified atom stereocenters. The van der Waals surface area contributed by atoms with E-state index in [1.165, 1.54) is 12.8 Å². The summed E-state index contributed by atoms with van der Waals surface area (Å²) in [5, 5.41) is 8.45. The van der Waals surface area contributed by atoms with E-state index in [4.69, 9.17) is 15.7 Å². The highest BCUT2D eigenvalue weighted by atomic mass is 16.5. The lowest BCUT2D eigenvalue weighted by molar-refractivity contribution is 0.0182. The van der Waals surface area contributed by atoms with Gasteiger partial charge in [-0.2, -0.15) is 5.26 Å². The molecule has 1 rings (SSSR count). The van der Waals surface area contributed by atoms with Crippen molar-refractivity contribution in [2.24, 2.45) is 11.7 Å². The van der Waals surface area contributed by atoms with Gasteiger partial charge in [0.05, 0.1) is 18.8 Å². The summed E-state index contributed by atoms with van der Waals surface area (Å²) in [5.41, 5.74) is 5.43. The molecule has 0 spiro atoms. The van der Waals surface area contributed by atoms with Crippen LogP contribution in [-0.4, -0.2) is 18.8 Å². The van der Waals surface area contributed by atoms with E-state index in [0.29, 0.717) is 12.7 Å². The van der Waals surface area contributed by atoms with Gasteiger partial charge in [-0.15, -0.1) is 0 Å². The van der Waals surface area contributed by atoms with E-state index in [-0.39, 0.29) is 0 Å². The molecule has 2 N–H and O–H groups in total. The van der Waals surface area contributed by atoms with Crippen LogP contribution in [0.5, 0.6) is 0 Å².